The van der Waals surface area contributed by atoms with Gasteiger partial charge in [0.2, 0.25) is 4.96 Å². The number of fused-ring (bicyclic) bond motifs is 1. The molecule has 4 rings (SSSR count). The van der Waals surface area contributed by atoms with Crippen molar-refractivity contribution < 1.29 is 0 Å². The number of hydrogen-bond donors (Lipinski definition) is 0. The zero-order chi connectivity index (χ0) is 18.8. The molecule has 0 aliphatic carbocycles. The maximum Gasteiger partial charge on any atom is 0.275 e. The van der Waals surface area contributed by atoms with E-state index < -0.39 is 0 Å². The van der Waals surface area contributed by atoms with E-state index in [1.165, 1.54) is 33.7 Å². The fourth-order valence-electron chi connectivity index (χ4n) is 2.61. The minimum Gasteiger partial charge on any atom is -0.267 e. The summed E-state index contributed by atoms with van der Waals surface area (Å²) >= 11 is 2.93. The van der Waals surface area contributed by atoms with Crippen LogP contribution in [0.2, 0.25) is 0 Å². The van der Waals surface area contributed by atoms with Crippen LogP contribution in [-0.4, -0.2) is 24.6 Å². The Labute approximate surface area is 164 Å². The van der Waals surface area contributed by atoms with Crippen LogP contribution in [0, 0.1) is 6.92 Å². The van der Waals surface area contributed by atoms with E-state index in [4.69, 9.17) is 0 Å². The van der Waals surface area contributed by atoms with Gasteiger partial charge in [0.25, 0.3) is 5.56 Å². The third-order valence-electron chi connectivity index (χ3n) is 3.89. The van der Waals surface area contributed by atoms with Gasteiger partial charge in [0.1, 0.15) is 5.01 Å². The summed E-state index contributed by atoms with van der Waals surface area (Å²) < 4.78 is 1.37. The van der Waals surface area contributed by atoms with Crippen molar-refractivity contribution in [2.75, 3.05) is 0 Å². The molecule has 0 atom stereocenters. The van der Waals surface area contributed by atoms with Gasteiger partial charge in [-0.15, -0.1) is 0 Å². The standard InChI is InChI=1S/C19H17N5OS2/c1-3-16-23-24-17(25)10-14(21-19(24)27-16)11-26-18-20-12(2)9-15(22-18)13-7-5-4-6-8-13/h4-10H,3,11H2,1-2H3. The summed E-state index contributed by atoms with van der Waals surface area (Å²) in [6, 6.07) is 13.5. The molecule has 0 saturated carbocycles. The summed E-state index contributed by atoms with van der Waals surface area (Å²) in [5.74, 6) is 0.531. The first-order chi connectivity index (χ1) is 13.1. The van der Waals surface area contributed by atoms with Crippen LogP contribution in [0.3, 0.4) is 0 Å². The molecule has 136 valence electrons. The number of hydrogen-bond acceptors (Lipinski definition) is 7. The van der Waals surface area contributed by atoms with Crippen molar-refractivity contribution in [1.29, 1.82) is 0 Å². The maximum atomic E-state index is 12.3. The van der Waals surface area contributed by atoms with E-state index in [0.29, 0.717) is 21.6 Å². The summed E-state index contributed by atoms with van der Waals surface area (Å²) in [5, 5.41) is 5.85. The van der Waals surface area contributed by atoms with E-state index in [0.717, 1.165) is 28.4 Å². The second kappa shape index (κ2) is 7.58. The fourth-order valence-corrected chi connectivity index (χ4v) is 4.27. The van der Waals surface area contributed by atoms with E-state index >= 15 is 0 Å². The fraction of sp³-hybridized carbons (Fsp3) is 0.211. The van der Waals surface area contributed by atoms with Gasteiger partial charge in [-0.1, -0.05) is 60.4 Å². The summed E-state index contributed by atoms with van der Waals surface area (Å²) in [6.45, 7) is 3.97. The maximum absolute atomic E-state index is 12.3. The molecule has 0 amide bonds. The highest BCUT2D eigenvalue weighted by Gasteiger charge is 2.10. The van der Waals surface area contributed by atoms with Gasteiger partial charge < -0.3 is 0 Å². The average Bonchev–Trinajstić information content (AvgIpc) is 3.11. The van der Waals surface area contributed by atoms with Crippen LogP contribution in [0.4, 0.5) is 0 Å². The number of nitrogens with zero attached hydrogens (tertiary/aromatic N) is 5. The van der Waals surface area contributed by atoms with Crippen molar-refractivity contribution in [2.24, 2.45) is 0 Å². The molecule has 0 bridgehead atoms. The lowest BCUT2D eigenvalue weighted by molar-refractivity contribution is 0.852. The highest BCUT2D eigenvalue weighted by Crippen LogP contribution is 2.24. The molecule has 3 aromatic heterocycles. The lowest BCUT2D eigenvalue weighted by Gasteiger charge is -2.06. The Balaban J connectivity index is 1.59. The van der Waals surface area contributed by atoms with Gasteiger partial charge in [-0.05, 0) is 19.4 Å². The highest BCUT2D eigenvalue weighted by atomic mass is 32.2. The summed E-state index contributed by atoms with van der Waals surface area (Å²) in [6.07, 6.45) is 0.789. The van der Waals surface area contributed by atoms with Crippen LogP contribution >= 0.6 is 23.1 Å². The predicted molar refractivity (Wildman–Crippen MR) is 108 cm³/mol. The minimum atomic E-state index is -0.151. The molecule has 0 radical (unpaired) electrons. The molecule has 0 unspecified atom stereocenters. The molecule has 0 N–H and O–H groups in total. The average molecular weight is 396 g/mol. The molecule has 3 heterocycles. The van der Waals surface area contributed by atoms with Crippen LogP contribution in [-0.2, 0) is 12.2 Å². The van der Waals surface area contributed by atoms with E-state index in [1.54, 1.807) is 0 Å². The van der Waals surface area contributed by atoms with Gasteiger partial charge in [-0.3, -0.25) is 4.79 Å². The molecule has 0 fully saturated rings. The molecule has 0 spiro atoms. The Morgan fingerprint density at radius 3 is 2.70 bits per heavy atom. The Bertz CT molecular complexity index is 1150. The van der Waals surface area contributed by atoms with Crippen molar-refractivity contribution in [3.63, 3.8) is 0 Å². The van der Waals surface area contributed by atoms with Gasteiger partial charge in [0, 0.05) is 23.1 Å². The van der Waals surface area contributed by atoms with Crippen molar-refractivity contribution in [3.05, 3.63) is 69.2 Å². The van der Waals surface area contributed by atoms with Gasteiger partial charge in [-0.25, -0.2) is 15.0 Å². The first-order valence-electron chi connectivity index (χ1n) is 8.55. The Kier molecular flexibility index (Phi) is 5.00. The molecular weight excluding hydrogens is 378 g/mol. The molecule has 8 heteroatoms. The first kappa shape index (κ1) is 17.8. The van der Waals surface area contributed by atoms with Crippen LogP contribution in [0.5, 0.6) is 0 Å². The Morgan fingerprint density at radius 1 is 1.11 bits per heavy atom. The normalized spacial score (nSPS) is 11.2. The molecule has 27 heavy (non-hydrogen) atoms. The number of thioether (sulfide) groups is 1. The van der Waals surface area contributed by atoms with Crippen molar-refractivity contribution in [1.82, 2.24) is 24.6 Å². The highest BCUT2D eigenvalue weighted by molar-refractivity contribution is 7.98. The SMILES string of the molecule is CCc1nn2c(=O)cc(CSc3nc(C)cc(-c4ccccc4)n3)nc2s1. The summed E-state index contributed by atoms with van der Waals surface area (Å²) in [7, 11) is 0. The van der Waals surface area contributed by atoms with E-state index in [1.807, 2.05) is 50.2 Å². The number of rotatable bonds is 5. The van der Waals surface area contributed by atoms with Crippen LogP contribution in [0.15, 0.2) is 52.4 Å². The van der Waals surface area contributed by atoms with E-state index in [-0.39, 0.29) is 5.56 Å². The van der Waals surface area contributed by atoms with Gasteiger partial charge >= 0.3 is 0 Å². The summed E-state index contributed by atoms with van der Waals surface area (Å²) in [4.78, 5) is 26.6. The quantitative estimate of drug-likeness (QED) is 0.378. The van der Waals surface area contributed by atoms with Gasteiger partial charge in [0.05, 0.1) is 11.4 Å². The van der Waals surface area contributed by atoms with Crippen molar-refractivity contribution in [3.8, 4) is 11.3 Å². The molecular formula is C19H17N5OS2. The third kappa shape index (κ3) is 3.91. The molecule has 1 aromatic carbocycles. The van der Waals surface area contributed by atoms with Crippen LogP contribution < -0.4 is 5.56 Å². The smallest absolute Gasteiger partial charge is 0.267 e. The van der Waals surface area contributed by atoms with E-state index in [9.17, 15) is 4.79 Å². The summed E-state index contributed by atoms with van der Waals surface area (Å²) in [5.41, 5.74) is 3.41. The predicted octanol–water partition coefficient (Wildman–Crippen LogP) is 3.77. The molecule has 6 nitrogen and oxygen atoms in total. The second-order valence-electron chi connectivity index (χ2n) is 5.96. The second-order valence-corrected chi connectivity index (χ2v) is 7.94. The van der Waals surface area contributed by atoms with Gasteiger partial charge in [0.15, 0.2) is 5.16 Å². The van der Waals surface area contributed by atoms with E-state index in [2.05, 4.69) is 20.1 Å². The van der Waals surface area contributed by atoms with Crippen molar-refractivity contribution in [2.45, 2.75) is 31.2 Å². The van der Waals surface area contributed by atoms with Crippen LogP contribution in [0.1, 0.15) is 23.3 Å². The lowest BCUT2D eigenvalue weighted by Crippen LogP contribution is -2.15. The monoisotopic (exact) mass is 395 g/mol. The first-order valence-corrected chi connectivity index (χ1v) is 10.3. The molecule has 4 aromatic rings. The number of aromatic nitrogens is 5. The largest absolute Gasteiger partial charge is 0.275 e. The zero-order valence-corrected chi connectivity index (χ0v) is 16.5. The Hall–Kier alpha value is -2.58. The number of benzene rings is 1. The zero-order valence-electron chi connectivity index (χ0n) is 14.9. The lowest BCUT2D eigenvalue weighted by atomic mass is 10.1. The van der Waals surface area contributed by atoms with Gasteiger partial charge in [-0.2, -0.15) is 9.61 Å². The Morgan fingerprint density at radius 2 is 1.93 bits per heavy atom. The van der Waals surface area contributed by atoms with Crippen LogP contribution in [0.25, 0.3) is 16.2 Å². The third-order valence-corrected chi connectivity index (χ3v) is 5.83. The minimum absolute atomic E-state index is 0.151. The molecule has 0 aliphatic rings. The molecule has 0 aliphatic heterocycles. The number of aryl methyl sites for hydroxylation is 2. The van der Waals surface area contributed by atoms with Crippen molar-refractivity contribution >= 4 is 28.1 Å². The molecule has 0 saturated heterocycles. The topological polar surface area (TPSA) is 73.0 Å².